The van der Waals surface area contributed by atoms with E-state index in [-0.39, 0.29) is 6.61 Å². The molecule has 2 N–H and O–H groups in total. The second-order valence-electron chi connectivity index (χ2n) is 2.54. The summed E-state index contributed by atoms with van der Waals surface area (Å²) < 4.78 is 1.84. The molecule has 0 radical (unpaired) electrons. The summed E-state index contributed by atoms with van der Waals surface area (Å²) in [4.78, 5) is 0. The molecule has 0 spiro atoms. The second kappa shape index (κ2) is 2.60. The normalized spacial score (nSPS) is 16.5. The Morgan fingerprint density at radius 2 is 2.55 bits per heavy atom. The van der Waals surface area contributed by atoms with Gasteiger partial charge in [-0.15, -0.1) is 5.10 Å². The van der Waals surface area contributed by atoms with E-state index in [1.807, 2.05) is 4.68 Å². The van der Waals surface area contributed by atoms with E-state index in [0.29, 0.717) is 5.69 Å². The van der Waals surface area contributed by atoms with Crippen LogP contribution in [0.4, 0.5) is 0 Å². The molecule has 0 saturated heterocycles. The molecule has 1 aliphatic heterocycles. The molecule has 5 heteroatoms. The molecule has 0 fully saturated rings. The van der Waals surface area contributed by atoms with Crippen molar-refractivity contribution in [3.05, 3.63) is 11.4 Å². The fraction of sp³-hybridized carbons (Fsp3) is 0.667. The van der Waals surface area contributed by atoms with Crippen molar-refractivity contribution in [2.75, 3.05) is 6.54 Å². The maximum atomic E-state index is 8.84. The molecule has 2 heterocycles. The molecule has 1 aliphatic rings. The number of aromatic nitrogens is 3. The average molecular weight is 154 g/mol. The third-order valence-electron chi connectivity index (χ3n) is 1.86. The number of nitrogens with zero attached hydrogens (tertiary/aromatic N) is 3. The zero-order chi connectivity index (χ0) is 7.68. The van der Waals surface area contributed by atoms with Crippen LogP contribution < -0.4 is 5.32 Å². The minimum Gasteiger partial charge on any atom is -0.390 e. The summed E-state index contributed by atoms with van der Waals surface area (Å²) in [6, 6.07) is 0. The number of fused-ring (bicyclic) bond motifs is 1. The summed E-state index contributed by atoms with van der Waals surface area (Å²) in [7, 11) is 0. The number of nitrogens with one attached hydrogen (secondary N) is 1. The third kappa shape index (κ3) is 1.02. The Hall–Kier alpha value is -0.940. The van der Waals surface area contributed by atoms with Gasteiger partial charge in [0.05, 0.1) is 18.8 Å². The van der Waals surface area contributed by atoms with Gasteiger partial charge < -0.3 is 10.4 Å². The van der Waals surface area contributed by atoms with Crippen LogP contribution in [0.15, 0.2) is 0 Å². The highest BCUT2D eigenvalue weighted by molar-refractivity contribution is 5.10. The zero-order valence-corrected chi connectivity index (χ0v) is 6.12. The van der Waals surface area contributed by atoms with Crippen LogP contribution in [0.1, 0.15) is 11.4 Å². The fourth-order valence-corrected chi connectivity index (χ4v) is 1.26. The van der Waals surface area contributed by atoms with Crippen molar-refractivity contribution in [1.82, 2.24) is 20.3 Å². The molecule has 0 atom stereocenters. The molecule has 5 nitrogen and oxygen atoms in total. The van der Waals surface area contributed by atoms with Crippen molar-refractivity contribution < 1.29 is 5.11 Å². The summed E-state index contributed by atoms with van der Waals surface area (Å²) in [5.74, 6) is 0. The highest BCUT2D eigenvalue weighted by Gasteiger charge is 2.14. The van der Waals surface area contributed by atoms with Gasteiger partial charge in [-0.1, -0.05) is 5.21 Å². The van der Waals surface area contributed by atoms with Crippen molar-refractivity contribution in [3.8, 4) is 0 Å². The van der Waals surface area contributed by atoms with Crippen molar-refractivity contribution in [3.63, 3.8) is 0 Å². The van der Waals surface area contributed by atoms with Crippen LogP contribution in [0.5, 0.6) is 0 Å². The fourth-order valence-electron chi connectivity index (χ4n) is 1.26. The first-order chi connectivity index (χ1) is 5.42. The number of aliphatic hydroxyl groups is 1. The van der Waals surface area contributed by atoms with Crippen LogP contribution in [0.2, 0.25) is 0 Å². The van der Waals surface area contributed by atoms with E-state index in [4.69, 9.17) is 5.11 Å². The predicted molar refractivity (Wildman–Crippen MR) is 37.7 cm³/mol. The predicted octanol–water partition coefficient (Wildman–Crippen LogP) is -1.13. The summed E-state index contributed by atoms with van der Waals surface area (Å²) in [5.41, 5.74) is 1.70. The van der Waals surface area contributed by atoms with Gasteiger partial charge in [-0.3, -0.25) is 0 Å². The molecule has 0 unspecified atom stereocenters. The quantitative estimate of drug-likeness (QED) is 0.537. The molecule has 0 bridgehead atoms. The van der Waals surface area contributed by atoms with Crippen molar-refractivity contribution >= 4 is 0 Å². The van der Waals surface area contributed by atoms with E-state index in [9.17, 15) is 0 Å². The van der Waals surface area contributed by atoms with E-state index in [1.165, 1.54) is 0 Å². The van der Waals surface area contributed by atoms with Crippen LogP contribution in [0.25, 0.3) is 0 Å². The van der Waals surface area contributed by atoms with Crippen LogP contribution >= 0.6 is 0 Å². The summed E-state index contributed by atoms with van der Waals surface area (Å²) in [6.45, 7) is 2.53. The Morgan fingerprint density at radius 1 is 1.64 bits per heavy atom. The molecule has 2 rings (SSSR count). The minimum atomic E-state index is -0.0169. The first-order valence-corrected chi connectivity index (χ1v) is 3.64. The van der Waals surface area contributed by atoms with Gasteiger partial charge in [0.25, 0.3) is 0 Å². The van der Waals surface area contributed by atoms with Gasteiger partial charge in [0.1, 0.15) is 5.69 Å². The molecule has 0 aromatic carbocycles. The van der Waals surface area contributed by atoms with Gasteiger partial charge in [-0.2, -0.15) is 0 Å². The average Bonchev–Trinajstić information content (AvgIpc) is 2.47. The lowest BCUT2D eigenvalue weighted by molar-refractivity contribution is 0.274. The monoisotopic (exact) mass is 154 g/mol. The Labute approximate surface area is 64.0 Å². The molecular formula is C6H10N4O. The molecule has 1 aromatic heterocycles. The number of hydrogen-bond acceptors (Lipinski definition) is 4. The van der Waals surface area contributed by atoms with Gasteiger partial charge in [-0.05, 0) is 0 Å². The molecule has 60 valence electrons. The Kier molecular flexibility index (Phi) is 1.59. The van der Waals surface area contributed by atoms with Gasteiger partial charge in [0, 0.05) is 13.1 Å². The molecule has 11 heavy (non-hydrogen) atoms. The van der Waals surface area contributed by atoms with Gasteiger partial charge in [0.2, 0.25) is 0 Å². The first-order valence-electron chi connectivity index (χ1n) is 3.64. The van der Waals surface area contributed by atoms with Gasteiger partial charge >= 0.3 is 0 Å². The minimum absolute atomic E-state index is 0.0169. The van der Waals surface area contributed by atoms with Crippen LogP contribution in [0.3, 0.4) is 0 Å². The lowest BCUT2D eigenvalue weighted by Crippen LogP contribution is -2.28. The second-order valence-corrected chi connectivity index (χ2v) is 2.54. The lowest BCUT2D eigenvalue weighted by Gasteiger charge is -2.13. The molecular weight excluding hydrogens is 144 g/mol. The summed E-state index contributed by atoms with van der Waals surface area (Å²) in [6.07, 6.45) is 0. The highest BCUT2D eigenvalue weighted by atomic mass is 16.3. The number of hydrogen-bond donors (Lipinski definition) is 2. The van der Waals surface area contributed by atoms with Crippen LogP contribution in [0, 0.1) is 0 Å². The number of rotatable bonds is 1. The standard InChI is InChI=1S/C6H10N4O/c11-4-5-6-3-7-1-2-10(6)9-8-5/h7,11H,1-4H2. The first kappa shape index (κ1) is 6.75. The van der Waals surface area contributed by atoms with Gasteiger partial charge in [0.15, 0.2) is 0 Å². The van der Waals surface area contributed by atoms with Gasteiger partial charge in [-0.25, -0.2) is 4.68 Å². The van der Waals surface area contributed by atoms with E-state index in [1.54, 1.807) is 0 Å². The smallest absolute Gasteiger partial charge is 0.113 e. The topological polar surface area (TPSA) is 63.0 Å². The number of aliphatic hydroxyl groups excluding tert-OH is 1. The van der Waals surface area contributed by atoms with Crippen molar-refractivity contribution in [1.29, 1.82) is 0 Å². The summed E-state index contributed by atoms with van der Waals surface area (Å²) in [5, 5.41) is 19.8. The van der Waals surface area contributed by atoms with Crippen LogP contribution in [-0.4, -0.2) is 26.6 Å². The highest BCUT2D eigenvalue weighted by Crippen LogP contribution is 2.07. The van der Waals surface area contributed by atoms with Crippen molar-refractivity contribution in [2.45, 2.75) is 19.7 Å². The molecule has 0 aliphatic carbocycles. The van der Waals surface area contributed by atoms with E-state index in [0.717, 1.165) is 25.3 Å². The summed E-state index contributed by atoms with van der Waals surface area (Å²) >= 11 is 0. The molecule has 1 aromatic rings. The van der Waals surface area contributed by atoms with E-state index >= 15 is 0 Å². The molecule has 0 saturated carbocycles. The largest absolute Gasteiger partial charge is 0.390 e. The lowest BCUT2D eigenvalue weighted by atomic mass is 10.3. The van der Waals surface area contributed by atoms with E-state index < -0.39 is 0 Å². The molecule has 0 amide bonds. The maximum Gasteiger partial charge on any atom is 0.113 e. The Balaban J connectivity index is 2.38. The maximum absolute atomic E-state index is 8.84. The van der Waals surface area contributed by atoms with E-state index in [2.05, 4.69) is 15.6 Å². The van der Waals surface area contributed by atoms with Crippen molar-refractivity contribution in [2.24, 2.45) is 0 Å². The van der Waals surface area contributed by atoms with Crippen LogP contribution in [-0.2, 0) is 19.7 Å². The SMILES string of the molecule is OCc1nnn2c1CNCC2. The zero-order valence-electron chi connectivity index (χ0n) is 6.12. The Bertz CT molecular complexity index is 244. The third-order valence-corrected chi connectivity index (χ3v) is 1.86. The Morgan fingerprint density at radius 3 is 3.36 bits per heavy atom.